The molecule has 0 fully saturated rings. The van der Waals surface area contributed by atoms with E-state index in [0.717, 1.165) is 15.7 Å². The van der Waals surface area contributed by atoms with Gasteiger partial charge in [0.1, 0.15) is 5.82 Å². The van der Waals surface area contributed by atoms with Gasteiger partial charge in [0.05, 0.1) is 5.02 Å². The van der Waals surface area contributed by atoms with Gasteiger partial charge in [0.15, 0.2) is 0 Å². The minimum Gasteiger partial charge on any atom is -0.399 e. The van der Waals surface area contributed by atoms with Crippen molar-refractivity contribution in [2.75, 3.05) is 11.1 Å². The number of nitrogens with one attached hydrogen (secondary N) is 1. The van der Waals surface area contributed by atoms with Gasteiger partial charge in [0, 0.05) is 22.4 Å². The van der Waals surface area contributed by atoms with E-state index in [-0.39, 0.29) is 6.04 Å². The van der Waals surface area contributed by atoms with Crippen LogP contribution in [0.15, 0.2) is 41.0 Å². The molecule has 3 N–H and O–H groups in total. The van der Waals surface area contributed by atoms with E-state index < -0.39 is 0 Å². The number of hydrogen-bond acceptors (Lipinski definition) is 3. The predicted molar refractivity (Wildman–Crippen MR) is 79.8 cm³/mol. The molecule has 0 aliphatic carbocycles. The van der Waals surface area contributed by atoms with Gasteiger partial charge in [-0.1, -0.05) is 23.7 Å². The highest BCUT2D eigenvalue weighted by Gasteiger charge is 2.08. The quantitative estimate of drug-likeness (QED) is 0.829. The van der Waals surface area contributed by atoms with Crippen molar-refractivity contribution in [3.05, 3.63) is 51.6 Å². The summed E-state index contributed by atoms with van der Waals surface area (Å²) in [5.74, 6) is 0.671. The summed E-state index contributed by atoms with van der Waals surface area (Å²) in [6.07, 6.45) is 1.71. The molecular weight excluding hydrogens is 314 g/mol. The average Bonchev–Trinajstić information content (AvgIpc) is 2.33. The third-order valence-electron chi connectivity index (χ3n) is 2.60. The summed E-state index contributed by atoms with van der Waals surface area (Å²) < 4.78 is 0.859. The maximum atomic E-state index is 6.11. The Labute approximate surface area is 119 Å². The van der Waals surface area contributed by atoms with Crippen molar-refractivity contribution in [1.82, 2.24) is 4.98 Å². The molecule has 1 aromatic heterocycles. The first-order chi connectivity index (χ1) is 8.56. The lowest BCUT2D eigenvalue weighted by Crippen LogP contribution is -2.08. The Morgan fingerprint density at radius 3 is 2.61 bits per heavy atom. The molecule has 1 unspecified atom stereocenters. The minimum atomic E-state index is 0.108. The fourth-order valence-corrected chi connectivity index (χ4v) is 2.28. The van der Waals surface area contributed by atoms with Crippen LogP contribution in [0.1, 0.15) is 18.5 Å². The lowest BCUT2D eigenvalue weighted by atomic mass is 10.1. The second-order valence-corrected chi connectivity index (χ2v) is 5.34. The van der Waals surface area contributed by atoms with Crippen LogP contribution >= 0.6 is 27.5 Å². The number of benzene rings is 1. The highest BCUT2D eigenvalue weighted by Crippen LogP contribution is 2.26. The van der Waals surface area contributed by atoms with Crippen LogP contribution in [0.3, 0.4) is 0 Å². The van der Waals surface area contributed by atoms with Crippen LogP contribution in [0.5, 0.6) is 0 Å². The number of halogens is 2. The number of nitrogens with two attached hydrogens (primary N) is 1. The first-order valence-corrected chi connectivity index (χ1v) is 6.66. The molecule has 2 aromatic rings. The maximum Gasteiger partial charge on any atom is 0.145 e. The van der Waals surface area contributed by atoms with Crippen molar-refractivity contribution in [2.45, 2.75) is 13.0 Å². The standard InChI is InChI=1S/C13H13BrClN3/c1-8(9-2-4-11(16)5-3-9)18-13-12(15)6-10(14)7-17-13/h2-8H,16H2,1H3,(H,17,18). The van der Waals surface area contributed by atoms with Crippen molar-refractivity contribution >= 4 is 39.0 Å². The van der Waals surface area contributed by atoms with E-state index in [0.29, 0.717) is 10.8 Å². The SMILES string of the molecule is CC(Nc1ncc(Br)cc1Cl)c1ccc(N)cc1. The number of aromatic nitrogens is 1. The Hall–Kier alpha value is -1.26. The Morgan fingerprint density at radius 2 is 2.00 bits per heavy atom. The third kappa shape index (κ3) is 3.15. The van der Waals surface area contributed by atoms with Crippen LogP contribution < -0.4 is 11.1 Å². The molecule has 18 heavy (non-hydrogen) atoms. The number of rotatable bonds is 3. The molecule has 0 saturated carbocycles. The zero-order chi connectivity index (χ0) is 13.1. The monoisotopic (exact) mass is 325 g/mol. The van der Waals surface area contributed by atoms with Crippen molar-refractivity contribution in [3.8, 4) is 0 Å². The topological polar surface area (TPSA) is 50.9 Å². The van der Waals surface area contributed by atoms with Gasteiger partial charge in [-0.15, -0.1) is 0 Å². The lowest BCUT2D eigenvalue weighted by molar-refractivity contribution is 0.875. The molecule has 0 radical (unpaired) electrons. The maximum absolute atomic E-state index is 6.11. The fourth-order valence-electron chi connectivity index (χ4n) is 1.59. The summed E-state index contributed by atoms with van der Waals surface area (Å²) in [5, 5.41) is 3.86. The number of nitrogen functional groups attached to an aromatic ring is 1. The van der Waals surface area contributed by atoms with Gasteiger partial charge < -0.3 is 11.1 Å². The zero-order valence-electron chi connectivity index (χ0n) is 9.82. The number of hydrogen-bond donors (Lipinski definition) is 2. The van der Waals surface area contributed by atoms with Gasteiger partial charge in [-0.05, 0) is 46.6 Å². The van der Waals surface area contributed by atoms with Gasteiger partial charge in [0.25, 0.3) is 0 Å². The van der Waals surface area contributed by atoms with E-state index in [1.807, 2.05) is 37.3 Å². The molecule has 0 saturated heterocycles. The summed E-state index contributed by atoms with van der Waals surface area (Å²) in [7, 11) is 0. The predicted octanol–water partition coefficient (Wildman–Crippen LogP) is 4.25. The Balaban J connectivity index is 2.15. The lowest BCUT2D eigenvalue weighted by Gasteiger charge is -2.16. The molecule has 0 amide bonds. The summed E-state index contributed by atoms with van der Waals surface area (Å²) >= 11 is 9.44. The molecule has 2 rings (SSSR count). The molecule has 0 aliphatic rings. The first-order valence-electron chi connectivity index (χ1n) is 5.49. The van der Waals surface area contributed by atoms with Crippen molar-refractivity contribution in [1.29, 1.82) is 0 Å². The van der Waals surface area contributed by atoms with Gasteiger partial charge >= 0.3 is 0 Å². The van der Waals surface area contributed by atoms with Crippen LogP contribution in [0, 0.1) is 0 Å². The smallest absolute Gasteiger partial charge is 0.145 e. The Morgan fingerprint density at radius 1 is 1.33 bits per heavy atom. The largest absolute Gasteiger partial charge is 0.399 e. The highest BCUT2D eigenvalue weighted by atomic mass is 79.9. The summed E-state index contributed by atoms with van der Waals surface area (Å²) in [6.45, 7) is 2.05. The number of nitrogens with zero attached hydrogens (tertiary/aromatic N) is 1. The van der Waals surface area contributed by atoms with Crippen molar-refractivity contribution in [2.24, 2.45) is 0 Å². The Bertz CT molecular complexity index is 542. The van der Waals surface area contributed by atoms with Crippen LogP contribution in [0.4, 0.5) is 11.5 Å². The summed E-state index contributed by atoms with van der Waals surface area (Å²) in [6, 6.07) is 9.65. The molecule has 0 bridgehead atoms. The molecule has 0 spiro atoms. The number of anilines is 2. The van der Waals surface area contributed by atoms with Crippen LogP contribution in [0.2, 0.25) is 5.02 Å². The second-order valence-electron chi connectivity index (χ2n) is 4.02. The van der Waals surface area contributed by atoms with E-state index in [9.17, 15) is 0 Å². The normalized spacial score (nSPS) is 12.2. The van der Waals surface area contributed by atoms with Gasteiger partial charge in [-0.25, -0.2) is 4.98 Å². The Kier molecular flexibility index (Phi) is 4.09. The van der Waals surface area contributed by atoms with Gasteiger partial charge in [-0.3, -0.25) is 0 Å². The molecule has 1 heterocycles. The minimum absolute atomic E-state index is 0.108. The zero-order valence-corrected chi connectivity index (χ0v) is 12.2. The molecule has 3 nitrogen and oxygen atoms in total. The summed E-state index contributed by atoms with van der Waals surface area (Å²) in [5.41, 5.74) is 7.55. The van der Waals surface area contributed by atoms with Crippen molar-refractivity contribution in [3.63, 3.8) is 0 Å². The molecular formula is C13H13BrClN3. The van der Waals surface area contributed by atoms with E-state index in [1.165, 1.54) is 0 Å². The fraction of sp³-hybridized carbons (Fsp3) is 0.154. The first kappa shape index (κ1) is 13.2. The molecule has 0 aliphatic heterocycles. The van der Waals surface area contributed by atoms with E-state index >= 15 is 0 Å². The molecule has 1 aromatic carbocycles. The van der Waals surface area contributed by atoms with E-state index in [4.69, 9.17) is 17.3 Å². The molecule has 94 valence electrons. The molecule has 5 heteroatoms. The van der Waals surface area contributed by atoms with E-state index in [1.54, 1.807) is 6.20 Å². The van der Waals surface area contributed by atoms with Gasteiger partial charge in [-0.2, -0.15) is 0 Å². The molecule has 1 atom stereocenters. The third-order valence-corrected chi connectivity index (χ3v) is 3.32. The van der Waals surface area contributed by atoms with Gasteiger partial charge in [0.2, 0.25) is 0 Å². The van der Waals surface area contributed by atoms with Crippen LogP contribution in [-0.2, 0) is 0 Å². The van der Waals surface area contributed by atoms with Crippen LogP contribution in [0.25, 0.3) is 0 Å². The van der Waals surface area contributed by atoms with E-state index in [2.05, 4.69) is 26.2 Å². The van der Waals surface area contributed by atoms with Crippen molar-refractivity contribution < 1.29 is 0 Å². The second kappa shape index (κ2) is 5.59. The number of pyridine rings is 1. The van der Waals surface area contributed by atoms with Crippen LogP contribution in [-0.4, -0.2) is 4.98 Å². The highest BCUT2D eigenvalue weighted by molar-refractivity contribution is 9.10. The average molecular weight is 327 g/mol. The summed E-state index contributed by atoms with van der Waals surface area (Å²) in [4.78, 5) is 4.25.